The molecule has 1 aliphatic heterocycles. The first-order chi connectivity index (χ1) is 16.4. The van der Waals surface area contributed by atoms with E-state index in [0.29, 0.717) is 53.9 Å². The van der Waals surface area contributed by atoms with Gasteiger partial charge in [0.15, 0.2) is 9.92 Å². The predicted octanol–water partition coefficient (Wildman–Crippen LogP) is 3.16. The van der Waals surface area contributed by atoms with Crippen molar-refractivity contribution in [1.29, 1.82) is 5.26 Å². The Kier molecular flexibility index (Phi) is 5.51. The van der Waals surface area contributed by atoms with Gasteiger partial charge in [0.05, 0.1) is 18.5 Å². The highest BCUT2D eigenvalue weighted by molar-refractivity contribution is 7.91. The molecular formula is C22H20FN7O3S. The first-order valence-electron chi connectivity index (χ1n) is 10.6. The van der Waals surface area contributed by atoms with Gasteiger partial charge < -0.3 is 10.1 Å². The van der Waals surface area contributed by atoms with E-state index in [2.05, 4.69) is 19.8 Å². The Morgan fingerprint density at radius 2 is 2.15 bits per heavy atom. The number of amides is 2. The maximum atomic E-state index is 14.8. The van der Waals surface area contributed by atoms with Crippen molar-refractivity contribution in [3.63, 3.8) is 0 Å². The molecule has 3 heterocycles. The van der Waals surface area contributed by atoms with E-state index >= 15 is 0 Å². The third-order valence-electron chi connectivity index (χ3n) is 5.81. The first kappa shape index (κ1) is 22.0. The van der Waals surface area contributed by atoms with Crippen LogP contribution < -0.4 is 15.2 Å². The van der Waals surface area contributed by atoms with Crippen molar-refractivity contribution in [2.75, 3.05) is 11.9 Å². The van der Waals surface area contributed by atoms with Crippen LogP contribution in [0.25, 0.3) is 11.1 Å². The van der Waals surface area contributed by atoms with Gasteiger partial charge in [-0.05, 0) is 54.2 Å². The molecule has 0 spiro atoms. The van der Waals surface area contributed by atoms with Crippen molar-refractivity contribution in [1.82, 2.24) is 14.8 Å². The van der Waals surface area contributed by atoms with Crippen LogP contribution in [0.3, 0.4) is 0 Å². The molecule has 1 unspecified atom stereocenters. The van der Waals surface area contributed by atoms with Gasteiger partial charge in [-0.2, -0.15) is 10.4 Å². The first-order valence-corrected chi connectivity index (χ1v) is 12.2. The number of nitriles is 1. The van der Waals surface area contributed by atoms with Crippen LogP contribution in [0.4, 0.5) is 14.9 Å². The number of fused-ring (bicyclic) bond motifs is 2. The second-order valence-corrected chi connectivity index (χ2v) is 9.72. The Morgan fingerprint density at radius 3 is 2.97 bits per heavy atom. The minimum atomic E-state index is -3.66. The minimum Gasteiger partial charge on any atom is -0.477 e. The van der Waals surface area contributed by atoms with Crippen molar-refractivity contribution in [2.45, 2.75) is 37.1 Å². The quantitative estimate of drug-likeness (QED) is 0.587. The SMILES string of the molecule is N#Cc1cc(-c2cc(F)c3c(c2NC(=O)N=S(N)(=O)c2cnn4c2OCCC4)CCC3)ccn1. The summed E-state index contributed by atoms with van der Waals surface area (Å²) >= 11 is 0. The monoisotopic (exact) mass is 481 g/mol. The zero-order valence-corrected chi connectivity index (χ0v) is 18.8. The van der Waals surface area contributed by atoms with E-state index in [-0.39, 0.29) is 22.3 Å². The van der Waals surface area contributed by atoms with Crippen LogP contribution in [0.2, 0.25) is 0 Å². The number of nitrogens with zero attached hydrogens (tertiary/aromatic N) is 5. The molecule has 3 aromatic rings. The summed E-state index contributed by atoms with van der Waals surface area (Å²) in [5, 5.41) is 21.9. The third kappa shape index (κ3) is 3.89. The second-order valence-electron chi connectivity index (χ2n) is 7.96. The summed E-state index contributed by atoms with van der Waals surface area (Å²) < 4.78 is 38.8. The number of anilines is 1. The summed E-state index contributed by atoms with van der Waals surface area (Å²) in [6.45, 7) is 1.00. The lowest BCUT2D eigenvalue weighted by Crippen LogP contribution is -2.21. The predicted molar refractivity (Wildman–Crippen MR) is 121 cm³/mol. The zero-order chi connectivity index (χ0) is 23.9. The molecule has 12 heteroatoms. The lowest BCUT2D eigenvalue weighted by atomic mass is 9.97. The Morgan fingerprint density at radius 1 is 1.32 bits per heavy atom. The number of rotatable bonds is 3. The van der Waals surface area contributed by atoms with Crippen LogP contribution in [0, 0.1) is 17.1 Å². The lowest BCUT2D eigenvalue weighted by Gasteiger charge is -2.17. The number of hydrogen-bond donors (Lipinski definition) is 2. The molecule has 0 fully saturated rings. The van der Waals surface area contributed by atoms with E-state index in [0.717, 1.165) is 12.8 Å². The van der Waals surface area contributed by atoms with Crippen LogP contribution >= 0.6 is 0 Å². The number of halogens is 1. The van der Waals surface area contributed by atoms with Crippen molar-refractivity contribution >= 4 is 21.6 Å². The molecule has 0 saturated heterocycles. The average molecular weight is 482 g/mol. The number of carbonyl (C=O) groups is 1. The molecule has 2 aromatic heterocycles. The van der Waals surface area contributed by atoms with Crippen LogP contribution in [0.5, 0.6) is 5.88 Å². The maximum Gasteiger partial charge on any atom is 0.354 e. The van der Waals surface area contributed by atoms with Crippen molar-refractivity contribution in [2.24, 2.45) is 9.50 Å². The Bertz CT molecular complexity index is 1480. The molecule has 1 aliphatic carbocycles. The fourth-order valence-corrected chi connectivity index (χ4v) is 5.31. The van der Waals surface area contributed by atoms with Gasteiger partial charge in [0.25, 0.3) is 0 Å². The van der Waals surface area contributed by atoms with Gasteiger partial charge in [0, 0.05) is 24.7 Å². The van der Waals surface area contributed by atoms with E-state index in [1.165, 1.54) is 29.2 Å². The number of hydrogen-bond acceptors (Lipinski definition) is 6. The van der Waals surface area contributed by atoms with Gasteiger partial charge in [-0.25, -0.2) is 28.2 Å². The highest BCUT2D eigenvalue weighted by atomic mass is 32.2. The topological polar surface area (TPSA) is 148 Å². The minimum absolute atomic E-state index is 0.0414. The summed E-state index contributed by atoms with van der Waals surface area (Å²) in [4.78, 5) is 16.9. The molecule has 2 aliphatic rings. The molecule has 0 saturated carbocycles. The number of carbonyl (C=O) groups excluding carboxylic acids is 1. The van der Waals surface area contributed by atoms with Crippen LogP contribution in [-0.4, -0.2) is 31.6 Å². The van der Waals surface area contributed by atoms with Crippen molar-refractivity contribution in [3.05, 3.63) is 53.2 Å². The molecule has 34 heavy (non-hydrogen) atoms. The van der Waals surface area contributed by atoms with Gasteiger partial charge in [-0.1, -0.05) is 0 Å². The number of ether oxygens (including phenoxy) is 1. The largest absolute Gasteiger partial charge is 0.477 e. The molecule has 2 amide bonds. The highest BCUT2D eigenvalue weighted by Gasteiger charge is 2.27. The summed E-state index contributed by atoms with van der Waals surface area (Å²) in [5.41, 5.74) is 2.53. The van der Waals surface area contributed by atoms with Crippen LogP contribution in [-0.2, 0) is 29.3 Å². The lowest BCUT2D eigenvalue weighted by molar-refractivity contribution is 0.224. The number of aromatic nitrogens is 3. The summed E-state index contributed by atoms with van der Waals surface area (Å²) in [5.74, 6) is -0.154. The molecule has 10 nitrogen and oxygen atoms in total. The van der Waals surface area contributed by atoms with Gasteiger partial charge in [-0.3, -0.25) is 0 Å². The number of benzene rings is 1. The second kappa shape index (κ2) is 8.51. The highest BCUT2D eigenvalue weighted by Crippen LogP contribution is 2.39. The van der Waals surface area contributed by atoms with Crippen LogP contribution in [0.15, 0.2) is 39.9 Å². The van der Waals surface area contributed by atoms with Crippen molar-refractivity contribution in [3.8, 4) is 23.1 Å². The Labute approximate surface area is 194 Å². The fourth-order valence-electron chi connectivity index (χ4n) is 4.31. The van der Waals surface area contributed by atoms with Gasteiger partial charge >= 0.3 is 6.03 Å². The fraction of sp³-hybridized carbons (Fsp3) is 0.273. The smallest absolute Gasteiger partial charge is 0.354 e. The summed E-state index contributed by atoms with van der Waals surface area (Å²) in [6, 6.07) is 5.45. The third-order valence-corrected chi connectivity index (χ3v) is 7.16. The zero-order valence-electron chi connectivity index (χ0n) is 18.0. The Balaban J connectivity index is 1.56. The number of aryl methyl sites for hydroxylation is 1. The van der Waals surface area contributed by atoms with Gasteiger partial charge in [0.2, 0.25) is 5.88 Å². The molecule has 0 bridgehead atoms. The molecular weight excluding hydrogens is 461 g/mol. The summed E-state index contributed by atoms with van der Waals surface area (Å²) in [7, 11) is -3.66. The normalized spacial score (nSPS) is 15.9. The number of nitrogens with one attached hydrogen (secondary N) is 1. The molecule has 1 atom stereocenters. The van der Waals surface area contributed by atoms with E-state index in [1.54, 1.807) is 6.07 Å². The Hall–Kier alpha value is -3.82. The number of urea groups is 1. The molecule has 5 rings (SSSR count). The maximum absolute atomic E-state index is 14.8. The average Bonchev–Trinajstić information content (AvgIpc) is 3.49. The van der Waals surface area contributed by atoms with E-state index in [1.807, 2.05) is 6.07 Å². The molecule has 1 aromatic carbocycles. The molecule has 3 N–H and O–H groups in total. The van der Waals surface area contributed by atoms with E-state index in [4.69, 9.17) is 9.88 Å². The standard InChI is InChI=1S/C22H20FN7O3S/c23-18-10-17(13-5-6-26-14(9-13)11-24)20(16-4-1-3-15(16)18)28-22(31)29-34(25,32)19-12-27-30-7-2-8-33-21(19)30/h5-6,9-10,12H,1-4,7-8H2,(H3,25,28,29,31,32). The van der Waals surface area contributed by atoms with E-state index < -0.39 is 15.9 Å². The van der Waals surface area contributed by atoms with Crippen molar-refractivity contribution < 1.29 is 18.1 Å². The van der Waals surface area contributed by atoms with E-state index in [9.17, 15) is 18.7 Å². The molecule has 174 valence electrons. The number of nitrogens with two attached hydrogens (primary N) is 1. The van der Waals surface area contributed by atoms with Gasteiger partial charge in [-0.15, -0.1) is 4.36 Å². The number of pyridine rings is 1. The van der Waals surface area contributed by atoms with Crippen LogP contribution in [0.1, 0.15) is 29.7 Å². The molecule has 0 radical (unpaired) electrons. The van der Waals surface area contributed by atoms with Gasteiger partial charge in [0.1, 0.15) is 22.5 Å². The summed E-state index contributed by atoms with van der Waals surface area (Å²) in [6.07, 6.45) is 5.29.